The fourth-order valence-corrected chi connectivity index (χ4v) is 3.49. The van der Waals surface area contributed by atoms with Crippen LogP contribution < -0.4 is 5.32 Å². The Morgan fingerprint density at radius 3 is 2.72 bits per heavy atom. The molecule has 3 aromatic heterocycles. The highest BCUT2D eigenvalue weighted by molar-refractivity contribution is 5.94. The molecule has 5 aromatic rings. The topological polar surface area (TPSA) is 92.3 Å². The molecule has 1 atom stereocenters. The van der Waals surface area contributed by atoms with Crippen molar-refractivity contribution in [2.45, 2.75) is 19.9 Å². The second-order valence-corrected chi connectivity index (χ2v) is 7.00. The summed E-state index contributed by atoms with van der Waals surface area (Å²) in [5.74, 6) is 0.608. The van der Waals surface area contributed by atoms with Crippen LogP contribution in [0.1, 0.15) is 24.2 Å². The Hall–Kier alpha value is -3.87. The average molecular weight is 381 g/mol. The lowest BCUT2D eigenvalue weighted by molar-refractivity contribution is 0.864. The highest BCUT2D eigenvalue weighted by Crippen LogP contribution is 2.29. The molecule has 0 spiro atoms. The summed E-state index contributed by atoms with van der Waals surface area (Å²) in [6.45, 7) is 4.04. The van der Waals surface area contributed by atoms with E-state index in [1.807, 2.05) is 49.5 Å². The SMILES string of the molecule is Cc1n[nH]c2ncnc(-c3ccc4nc(N[C@H](C)c5ccccc5)ncc4c3)c12. The minimum Gasteiger partial charge on any atom is -0.348 e. The van der Waals surface area contributed by atoms with E-state index in [1.54, 1.807) is 6.33 Å². The predicted octanol–water partition coefficient (Wildman–Crippen LogP) is 4.44. The largest absolute Gasteiger partial charge is 0.348 e. The normalized spacial score (nSPS) is 12.3. The average Bonchev–Trinajstić information content (AvgIpc) is 3.15. The highest BCUT2D eigenvalue weighted by Gasteiger charge is 2.13. The van der Waals surface area contributed by atoms with Crippen LogP contribution in [0, 0.1) is 6.92 Å². The van der Waals surface area contributed by atoms with Crippen LogP contribution in [-0.2, 0) is 0 Å². The third kappa shape index (κ3) is 3.16. The van der Waals surface area contributed by atoms with Gasteiger partial charge >= 0.3 is 0 Å². The first-order valence-corrected chi connectivity index (χ1v) is 9.43. The van der Waals surface area contributed by atoms with Crippen molar-refractivity contribution in [1.82, 2.24) is 30.1 Å². The maximum Gasteiger partial charge on any atom is 0.223 e. The summed E-state index contributed by atoms with van der Waals surface area (Å²) in [6.07, 6.45) is 3.39. The molecule has 0 bridgehead atoms. The quantitative estimate of drug-likeness (QED) is 0.478. The van der Waals surface area contributed by atoms with Crippen LogP contribution in [-0.4, -0.2) is 30.1 Å². The third-order valence-electron chi connectivity index (χ3n) is 5.04. The molecule has 2 aromatic carbocycles. The van der Waals surface area contributed by atoms with E-state index in [2.05, 4.69) is 54.5 Å². The van der Waals surface area contributed by atoms with Gasteiger partial charge in [-0.05, 0) is 31.5 Å². The first-order valence-electron chi connectivity index (χ1n) is 9.43. The zero-order valence-corrected chi connectivity index (χ0v) is 16.1. The Labute approximate surface area is 167 Å². The number of aryl methyl sites for hydroxylation is 1. The van der Waals surface area contributed by atoms with Crippen molar-refractivity contribution in [1.29, 1.82) is 0 Å². The molecule has 5 rings (SSSR count). The van der Waals surface area contributed by atoms with Gasteiger partial charge in [-0.1, -0.05) is 36.4 Å². The Bertz CT molecular complexity index is 1310. The van der Waals surface area contributed by atoms with E-state index < -0.39 is 0 Å². The molecule has 0 saturated heterocycles. The van der Waals surface area contributed by atoms with Gasteiger partial charge in [0.05, 0.1) is 28.3 Å². The number of hydrogen-bond acceptors (Lipinski definition) is 6. The van der Waals surface area contributed by atoms with Gasteiger partial charge in [-0.25, -0.2) is 19.9 Å². The molecule has 0 aliphatic carbocycles. The van der Waals surface area contributed by atoms with Gasteiger partial charge < -0.3 is 5.32 Å². The zero-order valence-electron chi connectivity index (χ0n) is 16.1. The first-order chi connectivity index (χ1) is 14.2. The molecular weight excluding hydrogens is 362 g/mol. The van der Waals surface area contributed by atoms with Crippen LogP contribution in [0.15, 0.2) is 61.1 Å². The van der Waals surface area contributed by atoms with Crippen molar-refractivity contribution in [2.75, 3.05) is 5.32 Å². The second-order valence-electron chi connectivity index (χ2n) is 7.00. The Morgan fingerprint density at radius 1 is 1.00 bits per heavy atom. The second kappa shape index (κ2) is 6.94. The minimum absolute atomic E-state index is 0.117. The number of nitrogens with zero attached hydrogens (tertiary/aromatic N) is 5. The van der Waals surface area contributed by atoms with Gasteiger partial charge in [-0.3, -0.25) is 5.10 Å². The molecule has 3 heterocycles. The lowest BCUT2D eigenvalue weighted by Crippen LogP contribution is -2.09. The van der Waals surface area contributed by atoms with E-state index in [0.29, 0.717) is 5.95 Å². The van der Waals surface area contributed by atoms with Crippen LogP contribution in [0.5, 0.6) is 0 Å². The molecule has 7 heteroatoms. The number of nitrogens with one attached hydrogen (secondary N) is 2. The van der Waals surface area contributed by atoms with Gasteiger partial charge in [0.1, 0.15) is 6.33 Å². The van der Waals surface area contributed by atoms with Gasteiger partial charge in [0.25, 0.3) is 0 Å². The standard InChI is InChI=1S/C22H19N7/c1-13(15-6-4-3-5-7-15)26-22-23-11-17-10-16(8-9-18(17)27-22)20-19-14(2)28-29-21(19)25-12-24-20/h3-13H,1-2H3,(H,23,26,27)(H,24,25,28,29)/t13-/m1/s1. The van der Waals surface area contributed by atoms with Crippen molar-refractivity contribution in [3.63, 3.8) is 0 Å². The molecule has 29 heavy (non-hydrogen) atoms. The van der Waals surface area contributed by atoms with E-state index in [-0.39, 0.29) is 6.04 Å². The van der Waals surface area contributed by atoms with Crippen molar-refractivity contribution in [3.8, 4) is 11.3 Å². The zero-order chi connectivity index (χ0) is 19.8. The Balaban J connectivity index is 1.49. The summed E-state index contributed by atoms with van der Waals surface area (Å²) < 4.78 is 0. The molecule has 0 radical (unpaired) electrons. The van der Waals surface area contributed by atoms with Crippen LogP contribution in [0.25, 0.3) is 33.2 Å². The van der Waals surface area contributed by atoms with Crippen molar-refractivity contribution in [3.05, 3.63) is 72.3 Å². The van der Waals surface area contributed by atoms with Crippen LogP contribution >= 0.6 is 0 Å². The fraction of sp³-hybridized carbons (Fsp3) is 0.136. The van der Waals surface area contributed by atoms with Gasteiger partial charge in [0, 0.05) is 17.1 Å². The van der Waals surface area contributed by atoms with E-state index in [4.69, 9.17) is 0 Å². The number of fused-ring (bicyclic) bond motifs is 2. The number of aromatic amines is 1. The minimum atomic E-state index is 0.117. The smallest absolute Gasteiger partial charge is 0.223 e. The Kier molecular flexibility index (Phi) is 4.13. The summed E-state index contributed by atoms with van der Waals surface area (Å²) in [5.41, 5.74) is 5.51. The summed E-state index contributed by atoms with van der Waals surface area (Å²) in [6, 6.07) is 16.4. The van der Waals surface area contributed by atoms with Crippen LogP contribution in [0.3, 0.4) is 0 Å². The monoisotopic (exact) mass is 381 g/mol. The number of anilines is 1. The molecule has 0 amide bonds. The van der Waals surface area contributed by atoms with Crippen molar-refractivity contribution in [2.24, 2.45) is 0 Å². The molecule has 0 saturated carbocycles. The maximum absolute atomic E-state index is 4.67. The Morgan fingerprint density at radius 2 is 1.86 bits per heavy atom. The lowest BCUT2D eigenvalue weighted by atomic mass is 10.1. The maximum atomic E-state index is 4.67. The highest BCUT2D eigenvalue weighted by atomic mass is 15.2. The third-order valence-corrected chi connectivity index (χ3v) is 5.04. The summed E-state index contributed by atoms with van der Waals surface area (Å²) >= 11 is 0. The van der Waals surface area contributed by atoms with Crippen molar-refractivity contribution < 1.29 is 0 Å². The van der Waals surface area contributed by atoms with Crippen LogP contribution in [0.2, 0.25) is 0 Å². The van der Waals surface area contributed by atoms with Gasteiger partial charge in [0.15, 0.2) is 5.65 Å². The fourth-order valence-electron chi connectivity index (χ4n) is 3.49. The molecule has 0 unspecified atom stereocenters. The van der Waals surface area contributed by atoms with E-state index >= 15 is 0 Å². The number of H-pyrrole nitrogens is 1. The number of rotatable bonds is 4. The lowest BCUT2D eigenvalue weighted by Gasteiger charge is -2.14. The molecule has 7 nitrogen and oxygen atoms in total. The van der Waals surface area contributed by atoms with Gasteiger partial charge in [-0.2, -0.15) is 5.10 Å². The van der Waals surface area contributed by atoms with E-state index in [1.165, 1.54) is 5.56 Å². The molecule has 142 valence electrons. The first kappa shape index (κ1) is 17.2. The predicted molar refractivity (Wildman–Crippen MR) is 113 cm³/mol. The summed E-state index contributed by atoms with van der Waals surface area (Å²) in [7, 11) is 0. The molecule has 0 aliphatic rings. The molecule has 0 fully saturated rings. The van der Waals surface area contributed by atoms with Gasteiger partial charge in [-0.15, -0.1) is 0 Å². The molecular formula is C22H19N7. The summed E-state index contributed by atoms with van der Waals surface area (Å²) in [5, 5.41) is 12.4. The molecule has 2 N–H and O–H groups in total. The number of aromatic nitrogens is 6. The number of benzene rings is 2. The summed E-state index contributed by atoms with van der Waals surface area (Å²) in [4.78, 5) is 17.9. The molecule has 0 aliphatic heterocycles. The number of hydrogen-bond donors (Lipinski definition) is 2. The van der Waals surface area contributed by atoms with E-state index in [9.17, 15) is 0 Å². The van der Waals surface area contributed by atoms with Crippen molar-refractivity contribution >= 4 is 27.9 Å². The van der Waals surface area contributed by atoms with E-state index in [0.717, 1.165) is 38.9 Å². The van der Waals surface area contributed by atoms with Gasteiger partial charge in [0.2, 0.25) is 5.95 Å². The van der Waals surface area contributed by atoms with Crippen LogP contribution in [0.4, 0.5) is 5.95 Å².